The summed E-state index contributed by atoms with van der Waals surface area (Å²) in [5.74, 6) is -0.335. The topological polar surface area (TPSA) is 82.7 Å². The Bertz CT molecular complexity index is 640. The molecule has 28 heavy (non-hydrogen) atoms. The number of hydrogen-bond donors (Lipinski definition) is 3. The Labute approximate surface area is 167 Å². The maximum atomic E-state index is 12.8. The van der Waals surface area contributed by atoms with Crippen molar-refractivity contribution in [1.29, 1.82) is 0 Å². The molecule has 1 aliphatic heterocycles. The van der Waals surface area contributed by atoms with Gasteiger partial charge in [0.1, 0.15) is 6.04 Å². The summed E-state index contributed by atoms with van der Waals surface area (Å²) in [7, 11) is 1.50. The molecule has 1 aromatic rings. The van der Waals surface area contributed by atoms with Crippen molar-refractivity contribution in [2.75, 3.05) is 39.9 Å². The molecule has 2 aliphatic rings. The molecule has 7 heteroatoms. The second kappa shape index (κ2) is 10.0. The van der Waals surface area contributed by atoms with Crippen molar-refractivity contribution in [1.82, 2.24) is 20.9 Å². The third-order valence-corrected chi connectivity index (χ3v) is 5.96. The highest BCUT2D eigenvalue weighted by molar-refractivity contribution is 5.97. The summed E-state index contributed by atoms with van der Waals surface area (Å²) in [6.07, 6.45) is 5.93. The number of nitrogens with one attached hydrogen (secondary N) is 3. The van der Waals surface area contributed by atoms with Gasteiger partial charge in [-0.15, -0.1) is 0 Å². The summed E-state index contributed by atoms with van der Waals surface area (Å²) in [6.45, 7) is 4.11. The molecule has 1 saturated heterocycles. The van der Waals surface area contributed by atoms with E-state index in [-0.39, 0.29) is 11.4 Å². The fraction of sp³-hybridized carbons (Fsp3) is 0.619. The number of hydrogen-bond acceptors (Lipinski definition) is 5. The highest BCUT2D eigenvalue weighted by atomic mass is 16.5. The maximum absolute atomic E-state index is 12.8. The number of imide groups is 1. The van der Waals surface area contributed by atoms with Crippen molar-refractivity contribution in [2.45, 2.75) is 43.7 Å². The van der Waals surface area contributed by atoms with Crippen LogP contribution in [0.2, 0.25) is 0 Å². The zero-order valence-electron chi connectivity index (χ0n) is 16.7. The van der Waals surface area contributed by atoms with Crippen LogP contribution in [0.25, 0.3) is 0 Å². The van der Waals surface area contributed by atoms with Crippen LogP contribution >= 0.6 is 0 Å². The molecule has 154 valence electrons. The molecule has 3 N–H and O–H groups in total. The van der Waals surface area contributed by atoms with Gasteiger partial charge in [-0.3, -0.25) is 15.0 Å². The predicted octanol–water partition coefficient (Wildman–Crippen LogP) is 1.81. The first-order valence-corrected chi connectivity index (χ1v) is 10.3. The molecular formula is C21H32N4O3. The summed E-state index contributed by atoms with van der Waals surface area (Å²) in [6, 6.07) is 8.53. The number of ether oxygens (including phenoxy) is 1. The highest BCUT2D eigenvalue weighted by Gasteiger charge is 2.39. The Hall–Kier alpha value is -1.96. The van der Waals surface area contributed by atoms with Crippen LogP contribution in [0.5, 0.6) is 0 Å². The van der Waals surface area contributed by atoms with Gasteiger partial charge in [0.25, 0.3) is 0 Å². The van der Waals surface area contributed by atoms with Gasteiger partial charge in [-0.25, -0.2) is 4.79 Å². The second-order valence-corrected chi connectivity index (χ2v) is 7.68. The maximum Gasteiger partial charge on any atom is 0.321 e. The van der Waals surface area contributed by atoms with E-state index in [0.29, 0.717) is 6.54 Å². The Morgan fingerprint density at radius 1 is 1.11 bits per heavy atom. The number of amides is 3. The van der Waals surface area contributed by atoms with E-state index in [0.717, 1.165) is 44.7 Å². The molecule has 1 heterocycles. The smallest absolute Gasteiger partial charge is 0.321 e. The van der Waals surface area contributed by atoms with Gasteiger partial charge in [-0.05, 0) is 18.4 Å². The minimum atomic E-state index is -0.571. The zero-order valence-corrected chi connectivity index (χ0v) is 16.7. The van der Waals surface area contributed by atoms with E-state index >= 15 is 0 Å². The van der Waals surface area contributed by atoms with Crippen LogP contribution in [-0.4, -0.2) is 62.3 Å². The molecule has 0 aromatic heterocycles. The van der Waals surface area contributed by atoms with Gasteiger partial charge in [0.15, 0.2) is 0 Å². The molecule has 0 radical (unpaired) electrons. The Kier molecular flexibility index (Phi) is 7.42. The first-order valence-electron chi connectivity index (χ1n) is 10.3. The summed E-state index contributed by atoms with van der Waals surface area (Å²) in [4.78, 5) is 27.0. The average molecular weight is 389 g/mol. The average Bonchev–Trinajstić information content (AvgIpc) is 2.76. The van der Waals surface area contributed by atoms with Crippen molar-refractivity contribution in [3.63, 3.8) is 0 Å². The fourth-order valence-corrected chi connectivity index (χ4v) is 4.40. The lowest BCUT2D eigenvalue weighted by Crippen LogP contribution is -2.60. The van der Waals surface area contributed by atoms with Gasteiger partial charge in [0, 0.05) is 32.2 Å². The third kappa shape index (κ3) is 5.10. The molecule has 2 fully saturated rings. The molecule has 1 aromatic carbocycles. The number of nitrogens with zero attached hydrogens (tertiary/aromatic N) is 1. The molecule has 0 unspecified atom stereocenters. The molecule has 7 nitrogen and oxygen atoms in total. The van der Waals surface area contributed by atoms with Crippen molar-refractivity contribution < 1.29 is 14.3 Å². The van der Waals surface area contributed by atoms with Gasteiger partial charge in [0.05, 0.1) is 13.2 Å². The number of morpholine rings is 1. The van der Waals surface area contributed by atoms with Crippen LogP contribution in [-0.2, 0) is 9.53 Å². The molecule has 1 atom stereocenters. The minimum Gasteiger partial charge on any atom is -0.379 e. The van der Waals surface area contributed by atoms with Crippen LogP contribution in [0.1, 0.15) is 43.7 Å². The zero-order chi connectivity index (χ0) is 19.8. The monoisotopic (exact) mass is 388 g/mol. The van der Waals surface area contributed by atoms with Crippen molar-refractivity contribution in [3.05, 3.63) is 35.9 Å². The number of carbonyl (C=O) groups is 2. The summed E-state index contributed by atoms with van der Waals surface area (Å²) in [5.41, 5.74) is 0.902. The Morgan fingerprint density at radius 3 is 2.43 bits per heavy atom. The van der Waals surface area contributed by atoms with Crippen LogP contribution < -0.4 is 16.0 Å². The van der Waals surface area contributed by atoms with Crippen molar-refractivity contribution in [2.24, 2.45) is 0 Å². The predicted molar refractivity (Wildman–Crippen MR) is 108 cm³/mol. The fourth-order valence-electron chi connectivity index (χ4n) is 4.40. The van der Waals surface area contributed by atoms with Crippen LogP contribution in [0.3, 0.4) is 0 Å². The Balaban J connectivity index is 1.76. The summed E-state index contributed by atoms with van der Waals surface area (Å²) in [5, 5.41) is 8.37. The Morgan fingerprint density at radius 2 is 1.79 bits per heavy atom. The van der Waals surface area contributed by atoms with E-state index in [1.165, 1.54) is 26.3 Å². The van der Waals surface area contributed by atoms with E-state index in [2.05, 4.69) is 20.9 Å². The van der Waals surface area contributed by atoms with Gasteiger partial charge in [-0.1, -0.05) is 49.6 Å². The van der Waals surface area contributed by atoms with Gasteiger partial charge in [-0.2, -0.15) is 0 Å². The summed E-state index contributed by atoms with van der Waals surface area (Å²) < 4.78 is 5.55. The van der Waals surface area contributed by atoms with Crippen LogP contribution in [0.15, 0.2) is 30.3 Å². The molecule has 0 spiro atoms. The van der Waals surface area contributed by atoms with E-state index in [1.54, 1.807) is 0 Å². The van der Waals surface area contributed by atoms with Gasteiger partial charge < -0.3 is 15.4 Å². The molecule has 0 bridgehead atoms. The third-order valence-electron chi connectivity index (χ3n) is 5.96. The number of urea groups is 1. The molecule has 3 amide bonds. The largest absolute Gasteiger partial charge is 0.379 e. The van der Waals surface area contributed by atoms with E-state index in [9.17, 15) is 9.59 Å². The first-order chi connectivity index (χ1) is 13.6. The number of benzene rings is 1. The quantitative estimate of drug-likeness (QED) is 0.692. The lowest BCUT2D eigenvalue weighted by atomic mass is 9.79. The number of carbonyl (C=O) groups excluding carboxylic acids is 2. The van der Waals surface area contributed by atoms with E-state index < -0.39 is 12.1 Å². The standard InChI is InChI=1S/C21H32N4O3/c1-22-20(27)24-19(26)18(17-8-4-2-5-9-17)23-16-21(10-6-3-7-11-21)25-12-14-28-15-13-25/h2,4-5,8-9,18,23H,3,6-7,10-16H2,1H3,(H2,22,24,26,27)/t18-/m1/s1. The number of rotatable bonds is 6. The lowest BCUT2D eigenvalue weighted by Gasteiger charge is -2.48. The molecule has 1 aliphatic carbocycles. The first kappa shape index (κ1) is 20.8. The summed E-state index contributed by atoms with van der Waals surface area (Å²) >= 11 is 0. The highest BCUT2D eigenvalue weighted by Crippen LogP contribution is 2.34. The van der Waals surface area contributed by atoms with Gasteiger partial charge in [0.2, 0.25) is 5.91 Å². The van der Waals surface area contributed by atoms with E-state index in [4.69, 9.17) is 4.74 Å². The molecule has 3 rings (SSSR count). The van der Waals surface area contributed by atoms with Crippen molar-refractivity contribution >= 4 is 11.9 Å². The lowest BCUT2D eigenvalue weighted by molar-refractivity contribution is -0.122. The van der Waals surface area contributed by atoms with Crippen LogP contribution in [0.4, 0.5) is 4.79 Å². The SMILES string of the molecule is CNC(=O)NC(=O)[C@H](NCC1(N2CCOCC2)CCCCC1)c1ccccc1. The van der Waals surface area contributed by atoms with Gasteiger partial charge >= 0.3 is 6.03 Å². The minimum absolute atomic E-state index is 0.0440. The molecule has 1 saturated carbocycles. The normalized spacial score (nSPS) is 20.9. The van der Waals surface area contributed by atoms with Crippen molar-refractivity contribution in [3.8, 4) is 0 Å². The molecular weight excluding hydrogens is 356 g/mol. The van der Waals surface area contributed by atoms with Crippen LogP contribution in [0, 0.1) is 0 Å². The second-order valence-electron chi connectivity index (χ2n) is 7.68. The van der Waals surface area contributed by atoms with E-state index in [1.807, 2.05) is 30.3 Å².